The van der Waals surface area contributed by atoms with Crippen LogP contribution in [0.4, 0.5) is 4.39 Å². The summed E-state index contributed by atoms with van der Waals surface area (Å²) in [6, 6.07) is 12.6. The number of benzene rings is 2. The molecule has 4 heteroatoms. The molecule has 1 aliphatic carbocycles. The molecule has 1 aliphatic rings. The molecule has 0 saturated heterocycles. The summed E-state index contributed by atoms with van der Waals surface area (Å²) < 4.78 is 25.1. The molecule has 0 radical (unpaired) electrons. The van der Waals surface area contributed by atoms with Gasteiger partial charge in [0, 0.05) is 0 Å². The monoisotopic (exact) mass is 342 g/mol. The second kappa shape index (κ2) is 8.15. The van der Waals surface area contributed by atoms with E-state index in [2.05, 4.69) is 6.07 Å². The predicted molar refractivity (Wildman–Crippen MR) is 95.0 cm³/mol. The second-order valence-electron chi connectivity index (χ2n) is 6.47. The Balaban J connectivity index is 1.78. The highest BCUT2D eigenvalue weighted by Crippen LogP contribution is 2.41. The number of aldehydes is 1. The van der Waals surface area contributed by atoms with Gasteiger partial charge in [-0.2, -0.15) is 0 Å². The molecule has 0 aromatic heterocycles. The van der Waals surface area contributed by atoms with E-state index < -0.39 is 5.82 Å². The summed E-state index contributed by atoms with van der Waals surface area (Å²) in [7, 11) is 1.69. The van der Waals surface area contributed by atoms with Gasteiger partial charge in [0.05, 0.1) is 19.3 Å². The van der Waals surface area contributed by atoms with Crippen molar-refractivity contribution in [1.82, 2.24) is 0 Å². The van der Waals surface area contributed by atoms with Gasteiger partial charge in [-0.25, -0.2) is 4.39 Å². The molecule has 2 aromatic carbocycles. The average molecular weight is 342 g/mol. The largest absolute Gasteiger partial charge is 0.496 e. The first kappa shape index (κ1) is 17.5. The van der Waals surface area contributed by atoms with Crippen LogP contribution in [0.2, 0.25) is 0 Å². The molecule has 0 bridgehead atoms. The third-order valence-corrected chi connectivity index (χ3v) is 5.03. The zero-order valence-electron chi connectivity index (χ0n) is 14.4. The van der Waals surface area contributed by atoms with Crippen molar-refractivity contribution in [3.8, 4) is 11.5 Å². The third-order valence-electron chi connectivity index (χ3n) is 5.03. The summed E-state index contributed by atoms with van der Waals surface area (Å²) in [6.07, 6.45) is 4.98. The molecular weight excluding hydrogens is 319 g/mol. The Kier molecular flexibility index (Phi) is 5.69. The van der Waals surface area contributed by atoms with E-state index in [0.717, 1.165) is 25.0 Å². The lowest BCUT2D eigenvalue weighted by molar-refractivity contribution is 0.111. The van der Waals surface area contributed by atoms with Crippen LogP contribution in [0.25, 0.3) is 0 Å². The molecule has 0 aliphatic heterocycles. The first-order chi connectivity index (χ1) is 12.2. The van der Waals surface area contributed by atoms with Gasteiger partial charge in [-0.1, -0.05) is 37.1 Å². The normalized spacial score (nSPS) is 20.1. The van der Waals surface area contributed by atoms with Crippen molar-refractivity contribution in [3.63, 3.8) is 0 Å². The maximum atomic E-state index is 13.7. The van der Waals surface area contributed by atoms with Crippen LogP contribution in [0.5, 0.6) is 11.5 Å². The number of ether oxygens (including phenoxy) is 2. The second-order valence-corrected chi connectivity index (χ2v) is 6.47. The Morgan fingerprint density at radius 2 is 1.84 bits per heavy atom. The summed E-state index contributed by atoms with van der Waals surface area (Å²) in [5.41, 5.74) is 1.19. The van der Waals surface area contributed by atoms with Crippen molar-refractivity contribution in [3.05, 3.63) is 59.4 Å². The Morgan fingerprint density at radius 1 is 1.08 bits per heavy atom. The quantitative estimate of drug-likeness (QED) is 0.693. The molecule has 3 rings (SSSR count). The van der Waals surface area contributed by atoms with Gasteiger partial charge >= 0.3 is 0 Å². The van der Waals surface area contributed by atoms with Crippen molar-refractivity contribution in [2.45, 2.75) is 31.6 Å². The van der Waals surface area contributed by atoms with Crippen LogP contribution >= 0.6 is 0 Å². The SMILES string of the molecule is COc1ccccc1C1CCCCC1COc1cccc(F)c1C=O. The maximum Gasteiger partial charge on any atom is 0.156 e. The summed E-state index contributed by atoms with van der Waals surface area (Å²) in [6.45, 7) is 0.465. The molecule has 0 amide bonds. The van der Waals surface area contributed by atoms with Crippen LogP contribution in [-0.2, 0) is 0 Å². The molecule has 2 atom stereocenters. The van der Waals surface area contributed by atoms with Gasteiger partial charge in [-0.15, -0.1) is 0 Å². The summed E-state index contributed by atoms with van der Waals surface area (Å²) in [4.78, 5) is 11.1. The maximum absolute atomic E-state index is 13.7. The van der Waals surface area contributed by atoms with E-state index in [9.17, 15) is 9.18 Å². The zero-order chi connectivity index (χ0) is 17.6. The van der Waals surface area contributed by atoms with E-state index in [-0.39, 0.29) is 5.56 Å². The topological polar surface area (TPSA) is 35.5 Å². The first-order valence-corrected chi connectivity index (χ1v) is 8.74. The standard InChI is InChI=1S/C21H23FO3/c1-24-20-11-5-4-9-17(20)16-8-3-2-7-15(16)14-25-21-12-6-10-19(22)18(21)13-23/h4-6,9-13,15-16H,2-3,7-8,14H2,1H3. The van der Waals surface area contributed by atoms with Gasteiger partial charge in [0.2, 0.25) is 0 Å². The number of carbonyl (C=O) groups is 1. The van der Waals surface area contributed by atoms with Crippen molar-refractivity contribution in [1.29, 1.82) is 0 Å². The van der Waals surface area contributed by atoms with Gasteiger partial charge in [0.25, 0.3) is 0 Å². The van der Waals surface area contributed by atoms with Crippen LogP contribution < -0.4 is 9.47 Å². The van der Waals surface area contributed by atoms with E-state index in [1.807, 2.05) is 18.2 Å². The van der Waals surface area contributed by atoms with E-state index in [1.165, 1.54) is 18.1 Å². The lowest BCUT2D eigenvalue weighted by Gasteiger charge is -2.32. The summed E-state index contributed by atoms with van der Waals surface area (Å²) in [5, 5.41) is 0. The molecule has 2 aromatic rings. The average Bonchev–Trinajstić information content (AvgIpc) is 2.66. The number of halogens is 1. The highest BCUT2D eigenvalue weighted by molar-refractivity contribution is 5.79. The van der Waals surface area contributed by atoms with Gasteiger partial charge in [-0.05, 0) is 48.4 Å². The highest BCUT2D eigenvalue weighted by Gasteiger charge is 2.29. The number of rotatable bonds is 6. The fourth-order valence-electron chi connectivity index (χ4n) is 3.74. The van der Waals surface area contributed by atoms with E-state index in [4.69, 9.17) is 9.47 Å². The molecule has 0 N–H and O–H groups in total. The van der Waals surface area contributed by atoms with Crippen LogP contribution in [-0.4, -0.2) is 20.0 Å². The lowest BCUT2D eigenvalue weighted by atomic mass is 9.75. The van der Waals surface area contributed by atoms with Gasteiger partial charge in [-0.3, -0.25) is 4.79 Å². The van der Waals surface area contributed by atoms with E-state index in [1.54, 1.807) is 19.2 Å². The van der Waals surface area contributed by atoms with Crippen molar-refractivity contribution in [2.24, 2.45) is 5.92 Å². The van der Waals surface area contributed by atoms with Crippen LogP contribution in [0, 0.1) is 11.7 Å². The lowest BCUT2D eigenvalue weighted by Crippen LogP contribution is -2.24. The summed E-state index contributed by atoms with van der Waals surface area (Å²) >= 11 is 0. The minimum absolute atomic E-state index is 0.00727. The minimum atomic E-state index is -0.544. The van der Waals surface area contributed by atoms with Crippen molar-refractivity contribution >= 4 is 6.29 Å². The molecule has 2 unspecified atom stereocenters. The van der Waals surface area contributed by atoms with E-state index >= 15 is 0 Å². The van der Waals surface area contributed by atoms with Crippen molar-refractivity contribution in [2.75, 3.05) is 13.7 Å². The highest BCUT2D eigenvalue weighted by atomic mass is 19.1. The van der Waals surface area contributed by atoms with E-state index in [0.29, 0.717) is 30.5 Å². The van der Waals surface area contributed by atoms with Crippen LogP contribution in [0.15, 0.2) is 42.5 Å². The summed E-state index contributed by atoms with van der Waals surface area (Å²) in [5.74, 6) is 1.33. The number of hydrogen-bond donors (Lipinski definition) is 0. The van der Waals surface area contributed by atoms with Gasteiger partial charge in [0.1, 0.15) is 17.3 Å². The Bertz CT molecular complexity index is 729. The Labute approximate surface area is 147 Å². The van der Waals surface area contributed by atoms with Gasteiger partial charge < -0.3 is 9.47 Å². The molecule has 25 heavy (non-hydrogen) atoms. The predicted octanol–water partition coefficient (Wildman–Crippen LogP) is 5.00. The zero-order valence-corrected chi connectivity index (χ0v) is 14.4. The number of para-hydroxylation sites is 1. The molecule has 3 nitrogen and oxygen atoms in total. The molecule has 0 heterocycles. The molecule has 1 fully saturated rings. The smallest absolute Gasteiger partial charge is 0.156 e. The molecule has 132 valence electrons. The fraction of sp³-hybridized carbons (Fsp3) is 0.381. The Hall–Kier alpha value is -2.36. The fourth-order valence-corrected chi connectivity index (χ4v) is 3.74. The van der Waals surface area contributed by atoms with Crippen molar-refractivity contribution < 1.29 is 18.7 Å². The number of methoxy groups -OCH3 is 1. The van der Waals surface area contributed by atoms with Crippen LogP contribution in [0.3, 0.4) is 0 Å². The number of hydrogen-bond acceptors (Lipinski definition) is 3. The molecule has 0 spiro atoms. The Morgan fingerprint density at radius 3 is 2.64 bits per heavy atom. The third kappa shape index (κ3) is 3.84. The van der Waals surface area contributed by atoms with Crippen LogP contribution in [0.1, 0.15) is 47.5 Å². The number of carbonyl (C=O) groups excluding carboxylic acids is 1. The molecular formula is C21H23FO3. The molecule has 1 saturated carbocycles. The van der Waals surface area contributed by atoms with Gasteiger partial charge in [0.15, 0.2) is 6.29 Å². The first-order valence-electron chi connectivity index (χ1n) is 8.74. The minimum Gasteiger partial charge on any atom is -0.496 e.